The number of amides is 2. The van der Waals surface area contributed by atoms with Gasteiger partial charge in [-0.25, -0.2) is 23.4 Å². The lowest BCUT2D eigenvalue weighted by Crippen LogP contribution is -2.60. The normalized spacial score (nSPS) is 15.3. The van der Waals surface area contributed by atoms with Crippen LogP contribution in [0.2, 0.25) is 5.02 Å². The summed E-state index contributed by atoms with van der Waals surface area (Å²) in [6.45, 7) is 3.09. The van der Waals surface area contributed by atoms with E-state index >= 15 is 0 Å². The second-order valence-corrected chi connectivity index (χ2v) is 13.0. The van der Waals surface area contributed by atoms with Crippen molar-refractivity contribution in [2.75, 3.05) is 7.05 Å². The molecule has 0 aliphatic heterocycles. The molecular weight excluding hydrogens is 750 g/mol. The van der Waals surface area contributed by atoms with Crippen LogP contribution in [0.4, 0.5) is 48.7 Å². The van der Waals surface area contributed by atoms with Gasteiger partial charge in [-0.2, -0.15) is 53.0 Å². The molecule has 24 heteroatoms. The van der Waals surface area contributed by atoms with Crippen molar-refractivity contribution in [3.8, 4) is 22.8 Å². The average Bonchev–Trinajstić information content (AvgIpc) is 3.44. The minimum atomic E-state index is -7.65. The fourth-order valence-electron chi connectivity index (χ4n) is 4.65. The molecule has 0 unspecified atom stereocenters. The van der Waals surface area contributed by atoms with Gasteiger partial charge in [0, 0.05) is 18.8 Å². The molecule has 1 aliphatic carbocycles. The fourth-order valence-corrected chi connectivity index (χ4v) is 5.86. The van der Waals surface area contributed by atoms with Gasteiger partial charge in [-0.1, -0.05) is 17.7 Å². The van der Waals surface area contributed by atoms with Gasteiger partial charge in [0.2, 0.25) is 0 Å². The number of ether oxygens (including phenoxy) is 1. The third-order valence-electron chi connectivity index (χ3n) is 7.20. The Labute approximate surface area is 280 Å². The van der Waals surface area contributed by atoms with Gasteiger partial charge in [0.1, 0.15) is 5.66 Å². The predicted octanol–water partition coefficient (Wildman–Crippen LogP) is 6.14. The molecule has 1 N–H and O–H groups in total. The minimum Gasteiger partial charge on any atom is -0.446 e. The molecule has 0 atom stereocenters. The molecular formula is C26H23ClF10N6O6S. The topological polar surface area (TPSA) is 138 Å². The van der Waals surface area contributed by atoms with Crippen molar-refractivity contribution < 1.29 is 70.8 Å². The van der Waals surface area contributed by atoms with Gasteiger partial charge >= 0.3 is 39.7 Å². The predicted molar refractivity (Wildman–Crippen MR) is 150 cm³/mol. The van der Waals surface area contributed by atoms with Crippen LogP contribution >= 0.6 is 11.6 Å². The molecule has 0 saturated heterocycles. The summed E-state index contributed by atoms with van der Waals surface area (Å²) in [5.41, 5.74) is -3.75. The van der Waals surface area contributed by atoms with Crippen molar-refractivity contribution in [1.82, 2.24) is 29.8 Å². The van der Waals surface area contributed by atoms with Crippen molar-refractivity contribution in [3.05, 3.63) is 46.7 Å². The number of nitrogens with one attached hydrogen (secondary N) is 1. The van der Waals surface area contributed by atoms with Gasteiger partial charge in [0.05, 0.1) is 22.9 Å². The van der Waals surface area contributed by atoms with Crippen LogP contribution < -0.4 is 9.50 Å². The number of aryl methyl sites for hydroxylation is 1. The molecule has 276 valence electrons. The highest BCUT2D eigenvalue weighted by atomic mass is 35.5. The summed E-state index contributed by atoms with van der Waals surface area (Å²) in [5.74, 6) is -4.60. The number of halogens is 11. The van der Waals surface area contributed by atoms with Crippen molar-refractivity contribution in [1.29, 1.82) is 0 Å². The van der Waals surface area contributed by atoms with E-state index in [9.17, 15) is 61.9 Å². The van der Waals surface area contributed by atoms with Crippen LogP contribution in [0.3, 0.4) is 0 Å². The van der Waals surface area contributed by atoms with Crippen molar-refractivity contribution in [3.63, 3.8) is 0 Å². The first-order valence-corrected chi connectivity index (χ1v) is 15.5. The lowest BCUT2D eigenvalue weighted by Gasteiger charge is -2.30. The second kappa shape index (κ2) is 12.6. The highest BCUT2D eigenvalue weighted by molar-refractivity contribution is 7.88. The van der Waals surface area contributed by atoms with Crippen molar-refractivity contribution in [2.45, 2.75) is 62.0 Å². The van der Waals surface area contributed by atoms with Crippen LogP contribution in [0.15, 0.2) is 30.6 Å². The maximum absolute atomic E-state index is 14.3. The first-order chi connectivity index (χ1) is 22.7. The molecule has 2 heterocycles. The Kier molecular flexibility index (Phi) is 9.73. The molecule has 3 aromatic rings. The van der Waals surface area contributed by atoms with E-state index in [2.05, 4.69) is 19.7 Å². The molecule has 4 rings (SSSR count). The third-order valence-corrected chi connectivity index (χ3v) is 9.06. The summed E-state index contributed by atoms with van der Waals surface area (Å²) < 4.78 is 169. The Bertz CT molecular complexity index is 1900. The van der Waals surface area contributed by atoms with Crippen LogP contribution in [0.25, 0.3) is 16.9 Å². The summed E-state index contributed by atoms with van der Waals surface area (Å²) in [5, 5.41) is 2.22. The smallest absolute Gasteiger partial charge is 0.446 e. The first kappa shape index (κ1) is 38.7. The number of benzene rings is 1. The molecule has 12 nitrogen and oxygen atoms in total. The minimum absolute atomic E-state index is 0.0443. The maximum atomic E-state index is 14.3. The molecule has 50 heavy (non-hydrogen) atoms. The summed E-state index contributed by atoms with van der Waals surface area (Å²) in [7, 11) is -5.48. The van der Waals surface area contributed by atoms with E-state index in [4.69, 9.17) is 16.3 Å². The van der Waals surface area contributed by atoms with E-state index in [1.807, 2.05) is 0 Å². The second-order valence-electron chi connectivity index (χ2n) is 11.0. The number of hydrogen-bond donors (Lipinski definition) is 1. The summed E-state index contributed by atoms with van der Waals surface area (Å²) in [6, 6.07) is 3.64. The van der Waals surface area contributed by atoms with E-state index in [1.54, 1.807) is 13.8 Å². The monoisotopic (exact) mass is 772 g/mol. The Morgan fingerprint density at radius 3 is 2.08 bits per heavy atom. The van der Waals surface area contributed by atoms with Gasteiger partial charge in [-0.05, 0) is 51.4 Å². The number of imide groups is 1. The summed E-state index contributed by atoms with van der Waals surface area (Å²) >= 11 is 6.28. The number of nitrogens with zero attached hydrogens (tertiary/aromatic N) is 5. The van der Waals surface area contributed by atoms with Gasteiger partial charge in [-0.3, -0.25) is 10.1 Å². The largest absolute Gasteiger partial charge is 0.450 e. The molecule has 2 amide bonds. The fraction of sp³-hybridized carbons (Fsp3) is 0.462. The van der Waals surface area contributed by atoms with Gasteiger partial charge < -0.3 is 8.92 Å². The SMILES string of the molecule is CNC1(N(C(=O)OC(C)C)C(=O)c2cc(-c3cnn(-c4c(C(F)(F)F)c(OS(=O)(=O)C(F)(C(F)(F)F)C(F)(F)F)nn4C)c3)ccc2Cl)CC1. The third kappa shape index (κ3) is 6.68. The van der Waals surface area contributed by atoms with Crippen LogP contribution in [-0.2, 0) is 28.1 Å². The highest BCUT2D eigenvalue weighted by Gasteiger charge is 2.82. The number of carbonyl (C=O) groups excluding carboxylic acids is 2. The molecule has 0 radical (unpaired) electrons. The number of rotatable bonds is 9. The Morgan fingerprint density at radius 1 is 1.02 bits per heavy atom. The lowest BCUT2D eigenvalue weighted by molar-refractivity contribution is -0.307. The Balaban J connectivity index is 1.79. The number of carbonyl (C=O) groups is 2. The van der Waals surface area contributed by atoms with Gasteiger partial charge in [0.15, 0.2) is 11.4 Å². The molecule has 2 aromatic heterocycles. The van der Waals surface area contributed by atoms with Gasteiger partial charge in [-0.15, -0.1) is 5.10 Å². The average molecular weight is 773 g/mol. The molecule has 1 aliphatic rings. The quantitative estimate of drug-likeness (QED) is 0.155. The molecule has 0 bridgehead atoms. The standard InChI is InChI=1S/C26H23ClF10N6O6S/c1-12(2)48-21(45)43(22(38-3)7-8-22)20(44)15-9-13(5-6-16(15)27)14-10-39-42(11-14)19-17(23(28,29)30)18(40-41(19)4)49-50(46,47)24(31,25(32,33)34)26(35,36)37/h5-6,9-12,38H,7-8H2,1-4H3. The van der Waals surface area contributed by atoms with E-state index < -0.39 is 74.7 Å². The zero-order valence-electron chi connectivity index (χ0n) is 25.6. The van der Waals surface area contributed by atoms with Crippen molar-refractivity contribution in [2.24, 2.45) is 7.05 Å². The van der Waals surface area contributed by atoms with E-state index in [0.717, 1.165) is 23.4 Å². The van der Waals surface area contributed by atoms with E-state index in [0.29, 0.717) is 24.6 Å². The van der Waals surface area contributed by atoms with E-state index in [1.165, 1.54) is 19.2 Å². The molecule has 1 aromatic carbocycles. The Hall–Kier alpha value is -4.12. The molecule has 1 saturated carbocycles. The van der Waals surface area contributed by atoms with E-state index in [-0.39, 0.29) is 26.4 Å². The van der Waals surface area contributed by atoms with Crippen LogP contribution in [0, 0.1) is 0 Å². The van der Waals surface area contributed by atoms with Crippen LogP contribution in [0.5, 0.6) is 5.88 Å². The summed E-state index contributed by atoms with van der Waals surface area (Å²) in [6.07, 6.45) is -19.4. The first-order valence-electron chi connectivity index (χ1n) is 13.7. The number of alkyl halides is 10. The van der Waals surface area contributed by atoms with Crippen molar-refractivity contribution >= 4 is 33.7 Å². The number of aromatic nitrogens is 4. The maximum Gasteiger partial charge on any atom is 0.450 e. The highest BCUT2D eigenvalue weighted by Crippen LogP contribution is 2.51. The summed E-state index contributed by atoms with van der Waals surface area (Å²) in [4.78, 5) is 27.4. The number of hydrogen-bond acceptors (Lipinski definition) is 9. The van der Waals surface area contributed by atoms with Gasteiger partial charge in [0.25, 0.3) is 11.8 Å². The van der Waals surface area contributed by atoms with Crippen LogP contribution in [0.1, 0.15) is 42.6 Å². The lowest BCUT2D eigenvalue weighted by atomic mass is 10.0. The molecule has 1 fully saturated rings. The zero-order valence-corrected chi connectivity index (χ0v) is 27.2. The zero-order chi connectivity index (χ0) is 38.0. The van der Waals surface area contributed by atoms with Crippen LogP contribution in [-0.4, -0.2) is 81.0 Å². The molecule has 0 spiro atoms. The Morgan fingerprint density at radius 2 is 1.60 bits per heavy atom.